The van der Waals surface area contributed by atoms with E-state index in [2.05, 4.69) is 5.32 Å². The lowest BCUT2D eigenvalue weighted by Gasteiger charge is -2.42. The number of hydrogen-bond acceptors (Lipinski definition) is 12. The standard InChI is InChI=1S/C35H33NO13/c1-14-28(38)20(36-33(43)16-7-9-17(10-8-16)34(44)45)11-23(48-14)49-22-13-35(46,15(2)37)12-19-25(22)32(42)27-26(30(19)40)29(39)18-5-4-6-21(47-3)24(18)31(27)41/h4-10,14,20,22-23,28,38,40,42,46H,11-13H2,1-3H3,(H,36,43)(H,44,45)/t14-,20-,22-,23-,28+,35-/m0/s1. The summed E-state index contributed by atoms with van der Waals surface area (Å²) in [6.45, 7) is 2.66. The lowest BCUT2D eigenvalue weighted by Crippen LogP contribution is -2.55. The van der Waals surface area contributed by atoms with Gasteiger partial charge in [0.1, 0.15) is 29.0 Å². The Morgan fingerprint density at radius 1 is 0.959 bits per heavy atom. The number of carbonyl (C=O) groups excluding carboxylic acids is 4. The van der Waals surface area contributed by atoms with E-state index in [9.17, 15) is 44.4 Å². The van der Waals surface area contributed by atoms with Gasteiger partial charge in [-0.3, -0.25) is 19.2 Å². The number of aromatic hydroxyl groups is 2. The van der Waals surface area contributed by atoms with E-state index < -0.39 is 101 Å². The Morgan fingerprint density at radius 3 is 2.24 bits per heavy atom. The van der Waals surface area contributed by atoms with Gasteiger partial charge in [0.25, 0.3) is 5.91 Å². The van der Waals surface area contributed by atoms with E-state index in [0.717, 1.165) is 6.92 Å². The van der Waals surface area contributed by atoms with Crippen LogP contribution in [0.1, 0.15) is 96.5 Å². The number of Topliss-reactive ketones (excluding diaryl/α,β-unsaturated/α-hetero) is 1. The molecule has 0 unspecified atom stereocenters. The highest BCUT2D eigenvalue weighted by Gasteiger charge is 2.49. The molecule has 256 valence electrons. The maximum Gasteiger partial charge on any atom is 0.335 e. The van der Waals surface area contributed by atoms with Crippen LogP contribution in [0.2, 0.25) is 0 Å². The molecule has 3 aromatic carbocycles. The van der Waals surface area contributed by atoms with Crippen molar-refractivity contribution < 1.29 is 63.7 Å². The Labute approximate surface area is 278 Å². The monoisotopic (exact) mass is 675 g/mol. The SMILES string of the molecule is COc1cccc2c1C(=O)c1c(O)c3c(c(O)c1C2=O)C[C@@](O)(C(C)=O)C[C@@H]3O[C@H]1C[C@H](NC(=O)c2ccc(C(=O)O)cc2)[C@H](O)[C@H](C)O1. The van der Waals surface area contributed by atoms with Crippen molar-refractivity contribution in [2.24, 2.45) is 0 Å². The average Bonchev–Trinajstić information content (AvgIpc) is 3.06. The Hall–Kier alpha value is -5.15. The first kappa shape index (κ1) is 33.7. The molecule has 0 saturated carbocycles. The average molecular weight is 676 g/mol. The van der Waals surface area contributed by atoms with E-state index in [4.69, 9.17) is 19.3 Å². The highest BCUT2D eigenvalue weighted by Crippen LogP contribution is 2.52. The molecule has 0 aromatic heterocycles. The van der Waals surface area contributed by atoms with E-state index in [1.807, 2.05) is 0 Å². The number of aliphatic hydroxyl groups excluding tert-OH is 1. The molecule has 1 aliphatic heterocycles. The molecule has 2 aliphatic carbocycles. The van der Waals surface area contributed by atoms with Gasteiger partial charge >= 0.3 is 5.97 Å². The molecule has 49 heavy (non-hydrogen) atoms. The number of carboxylic acids is 1. The fraction of sp³-hybridized carbons (Fsp3) is 0.343. The number of phenolic OH excluding ortho intramolecular Hbond substituents is 2. The molecule has 3 aromatic rings. The zero-order valence-electron chi connectivity index (χ0n) is 26.6. The summed E-state index contributed by atoms with van der Waals surface area (Å²) in [6, 6.07) is 8.55. The van der Waals surface area contributed by atoms with E-state index in [0.29, 0.717) is 0 Å². The van der Waals surface area contributed by atoms with Crippen LogP contribution in [0.25, 0.3) is 0 Å². The molecule has 1 amide bonds. The number of hydrogen-bond donors (Lipinski definition) is 6. The van der Waals surface area contributed by atoms with Gasteiger partial charge in [-0.1, -0.05) is 12.1 Å². The van der Waals surface area contributed by atoms with Crippen molar-refractivity contribution >= 4 is 29.2 Å². The van der Waals surface area contributed by atoms with Crippen molar-refractivity contribution in [2.45, 2.75) is 69.4 Å². The van der Waals surface area contributed by atoms with E-state index in [-0.39, 0.29) is 45.6 Å². The van der Waals surface area contributed by atoms with E-state index in [1.54, 1.807) is 0 Å². The van der Waals surface area contributed by atoms with Crippen molar-refractivity contribution in [1.82, 2.24) is 5.32 Å². The van der Waals surface area contributed by atoms with Crippen LogP contribution in [-0.2, 0) is 20.7 Å². The van der Waals surface area contributed by atoms with Gasteiger partial charge < -0.3 is 45.1 Å². The zero-order chi connectivity index (χ0) is 35.5. The lowest BCUT2D eigenvalue weighted by atomic mass is 9.72. The highest BCUT2D eigenvalue weighted by atomic mass is 16.7. The first-order chi connectivity index (χ1) is 23.2. The van der Waals surface area contributed by atoms with Crippen molar-refractivity contribution in [1.29, 1.82) is 0 Å². The second-order valence-electron chi connectivity index (χ2n) is 12.4. The number of ketones is 3. The maximum atomic E-state index is 13.8. The van der Waals surface area contributed by atoms with Crippen LogP contribution in [-0.4, -0.2) is 92.0 Å². The van der Waals surface area contributed by atoms with Crippen molar-refractivity contribution in [2.75, 3.05) is 7.11 Å². The summed E-state index contributed by atoms with van der Waals surface area (Å²) in [5.41, 5.74) is -3.47. The second-order valence-corrected chi connectivity index (χ2v) is 12.4. The Morgan fingerprint density at radius 2 is 1.61 bits per heavy atom. The number of phenols is 2. The topological polar surface area (TPSA) is 226 Å². The number of aromatic carboxylic acids is 1. The summed E-state index contributed by atoms with van der Waals surface area (Å²) in [4.78, 5) is 64.5. The van der Waals surface area contributed by atoms with Gasteiger partial charge in [-0.25, -0.2) is 4.79 Å². The van der Waals surface area contributed by atoms with Gasteiger partial charge in [-0.2, -0.15) is 0 Å². The fourth-order valence-electron chi connectivity index (χ4n) is 6.78. The van der Waals surface area contributed by atoms with Gasteiger partial charge in [0.15, 0.2) is 17.9 Å². The predicted molar refractivity (Wildman–Crippen MR) is 167 cm³/mol. The molecule has 0 radical (unpaired) electrons. The third-order valence-electron chi connectivity index (χ3n) is 9.46. The van der Waals surface area contributed by atoms with Crippen LogP contribution < -0.4 is 10.1 Å². The van der Waals surface area contributed by atoms with Crippen LogP contribution in [0, 0.1) is 0 Å². The van der Waals surface area contributed by atoms with Gasteiger partial charge in [0.2, 0.25) is 5.78 Å². The van der Waals surface area contributed by atoms with E-state index >= 15 is 0 Å². The molecule has 1 fully saturated rings. The minimum Gasteiger partial charge on any atom is -0.507 e. The number of ether oxygens (including phenoxy) is 3. The highest BCUT2D eigenvalue weighted by molar-refractivity contribution is 6.31. The number of nitrogens with one attached hydrogen (secondary N) is 1. The van der Waals surface area contributed by atoms with Crippen LogP contribution >= 0.6 is 0 Å². The van der Waals surface area contributed by atoms with Gasteiger partial charge in [0.05, 0.1) is 47.6 Å². The molecule has 6 atom stereocenters. The van der Waals surface area contributed by atoms with Gasteiger partial charge in [-0.05, 0) is 44.2 Å². The number of carboxylic acid groups (broad SMARTS) is 1. The third kappa shape index (κ3) is 5.61. The van der Waals surface area contributed by atoms with Crippen LogP contribution in [0.5, 0.6) is 17.2 Å². The van der Waals surface area contributed by atoms with Crippen LogP contribution in [0.4, 0.5) is 0 Å². The number of rotatable bonds is 7. The molecule has 6 N–H and O–H groups in total. The predicted octanol–water partition coefficient (Wildman–Crippen LogP) is 2.20. The summed E-state index contributed by atoms with van der Waals surface area (Å²) in [6.07, 6.45) is -5.83. The molecule has 14 heteroatoms. The smallest absolute Gasteiger partial charge is 0.335 e. The first-order valence-electron chi connectivity index (χ1n) is 15.4. The third-order valence-corrected chi connectivity index (χ3v) is 9.46. The molecule has 14 nitrogen and oxygen atoms in total. The molecule has 3 aliphatic rings. The molecule has 1 saturated heterocycles. The molecule has 1 heterocycles. The summed E-state index contributed by atoms with van der Waals surface area (Å²) in [7, 11) is 1.31. The largest absolute Gasteiger partial charge is 0.507 e. The number of fused-ring (bicyclic) bond motifs is 3. The number of methoxy groups -OCH3 is 1. The first-order valence-corrected chi connectivity index (χ1v) is 15.4. The van der Waals surface area contributed by atoms with Crippen LogP contribution in [0.3, 0.4) is 0 Å². The number of aliphatic hydroxyl groups is 2. The van der Waals surface area contributed by atoms with Gasteiger partial charge in [0, 0.05) is 41.5 Å². The normalized spacial score (nSPS) is 25.9. The fourth-order valence-corrected chi connectivity index (χ4v) is 6.78. The van der Waals surface area contributed by atoms with Gasteiger partial charge in [-0.15, -0.1) is 0 Å². The summed E-state index contributed by atoms with van der Waals surface area (Å²) in [5.74, 6) is -5.35. The van der Waals surface area contributed by atoms with Crippen molar-refractivity contribution in [3.63, 3.8) is 0 Å². The zero-order valence-corrected chi connectivity index (χ0v) is 26.6. The minimum absolute atomic E-state index is 0.0204. The molecule has 6 rings (SSSR count). The second kappa shape index (κ2) is 12.4. The number of benzene rings is 3. The summed E-state index contributed by atoms with van der Waals surface area (Å²) >= 11 is 0. The molecule has 0 spiro atoms. The van der Waals surface area contributed by atoms with Crippen LogP contribution in [0.15, 0.2) is 42.5 Å². The minimum atomic E-state index is -2.12. The lowest BCUT2D eigenvalue weighted by molar-refractivity contribution is -0.248. The number of carbonyl (C=O) groups is 5. The Balaban J connectivity index is 1.36. The van der Waals surface area contributed by atoms with Crippen molar-refractivity contribution in [3.8, 4) is 17.2 Å². The Kier molecular flexibility index (Phi) is 8.53. The summed E-state index contributed by atoms with van der Waals surface area (Å²) in [5, 5.41) is 57.3. The summed E-state index contributed by atoms with van der Waals surface area (Å²) < 4.78 is 17.4. The molecular weight excluding hydrogens is 642 g/mol. The molecular formula is C35H33NO13. The number of amides is 1. The maximum absolute atomic E-state index is 13.8. The Bertz CT molecular complexity index is 1920. The quantitative estimate of drug-likeness (QED) is 0.155. The van der Waals surface area contributed by atoms with Crippen molar-refractivity contribution in [3.05, 3.63) is 87.0 Å². The van der Waals surface area contributed by atoms with E-state index in [1.165, 1.54) is 56.5 Å². The molecule has 0 bridgehead atoms.